The number of carbonyl (C=O) groups excluding carboxylic acids is 1. The lowest BCUT2D eigenvalue weighted by atomic mass is 10.0. The summed E-state index contributed by atoms with van der Waals surface area (Å²) in [4.78, 5) is 22.3. The van der Waals surface area contributed by atoms with Gasteiger partial charge in [-0.05, 0) is 17.7 Å². The highest BCUT2D eigenvalue weighted by Crippen LogP contribution is 2.28. The molecule has 0 aliphatic heterocycles. The average molecular weight is 378 g/mol. The Hall–Kier alpha value is -3.43. The molecular formula is C20H16ClN5O. The number of nitriles is 1. The van der Waals surface area contributed by atoms with Gasteiger partial charge in [0.15, 0.2) is 16.7 Å². The molecule has 1 aromatic heterocycles. The van der Waals surface area contributed by atoms with Gasteiger partial charge in [0.2, 0.25) is 5.91 Å². The maximum absolute atomic E-state index is 12.3. The predicted molar refractivity (Wildman–Crippen MR) is 103 cm³/mol. The number of para-hydroxylation sites is 1. The van der Waals surface area contributed by atoms with Crippen molar-refractivity contribution in [1.82, 2.24) is 9.97 Å². The predicted octanol–water partition coefficient (Wildman–Crippen LogP) is 3.24. The van der Waals surface area contributed by atoms with Gasteiger partial charge in [0, 0.05) is 12.1 Å². The molecule has 0 unspecified atom stereocenters. The second kappa shape index (κ2) is 8.30. The molecule has 3 rings (SSSR count). The van der Waals surface area contributed by atoms with E-state index >= 15 is 0 Å². The zero-order valence-corrected chi connectivity index (χ0v) is 15.0. The Morgan fingerprint density at radius 1 is 1.15 bits per heavy atom. The van der Waals surface area contributed by atoms with Crippen LogP contribution < -0.4 is 10.6 Å². The number of hydrogen-bond donors (Lipinski definition) is 1. The van der Waals surface area contributed by atoms with Crippen LogP contribution in [-0.4, -0.2) is 21.9 Å². The highest BCUT2D eigenvalue weighted by molar-refractivity contribution is 6.30. The van der Waals surface area contributed by atoms with E-state index in [1.807, 2.05) is 66.7 Å². The first kappa shape index (κ1) is 18.4. The van der Waals surface area contributed by atoms with E-state index in [2.05, 4.69) is 9.97 Å². The van der Waals surface area contributed by atoms with Gasteiger partial charge >= 0.3 is 0 Å². The summed E-state index contributed by atoms with van der Waals surface area (Å²) in [6.07, 6.45) is 1.79. The number of aromatic nitrogens is 2. The summed E-state index contributed by atoms with van der Waals surface area (Å²) in [7, 11) is 0. The van der Waals surface area contributed by atoms with E-state index in [1.165, 1.54) is 6.20 Å². The molecule has 0 spiro atoms. The number of halogens is 1. The molecular weight excluding hydrogens is 362 g/mol. The van der Waals surface area contributed by atoms with Gasteiger partial charge in [0.25, 0.3) is 0 Å². The number of primary amides is 1. The third-order valence-corrected chi connectivity index (χ3v) is 4.28. The van der Waals surface area contributed by atoms with Crippen LogP contribution in [0.15, 0.2) is 66.9 Å². The molecule has 1 atom stereocenters. The molecule has 0 fully saturated rings. The number of hydrogen-bond acceptors (Lipinski definition) is 5. The summed E-state index contributed by atoms with van der Waals surface area (Å²) < 4.78 is 0. The summed E-state index contributed by atoms with van der Waals surface area (Å²) in [5.74, 6) is -0.171. The van der Waals surface area contributed by atoms with Crippen LogP contribution in [0, 0.1) is 11.3 Å². The molecule has 2 N–H and O–H groups in total. The van der Waals surface area contributed by atoms with E-state index in [0.717, 1.165) is 5.56 Å². The first-order valence-electron chi connectivity index (χ1n) is 8.20. The van der Waals surface area contributed by atoms with Crippen LogP contribution in [0.5, 0.6) is 0 Å². The Morgan fingerprint density at radius 3 is 2.33 bits per heavy atom. The minimum atomic E-state index is -0.715. The lowest BCUT2D eigenvalue weighted by Gasteiger charge is -2.31. The van der Waals surface area contributed by atoms with Crippen LogP contribution in [0.3, 0.4) is 0 Å². The maximum Gasteiger partial charge on any atom is 0.240 e. The van der Waals surface area contributed by atoms with Crippen molar-refractivity contribution in [2.45, 2.75) is 12.5 Å². The quantitative estimate of drug-likeness (QED) is 0.711. The van der Waals surface area contributed by atoms with Gasteiger partial charge in [-0.2, -0.15) is 5.26 Å². The van der Waals surface area contributed by atoms with E-state index < -0.39 is 11.9 Å². The minimum Gasteiger partial charge on any atom is -0.368 e. The van der Waals surface area contributed by atoms with Crippen LogP contribution in [0.1, 0.15) is 11.3 Å². The molecule has 2 aromatic carbocycles. The second-order valence-electron chi connectivity index (χ2n) is 5.79. The molecule has 0 bridgehead atoms. The Bertz CT molecular complexity index is 973. The number of amides is 1. The molecule has 7 heteroatoms. The fourth-order valence-corrected chi connectivity index (χ4v) is 2.94. The zero-order valence-electron chi connectivity index (χ0n) is 14.3. The number of anilines is 2. The fourth-order valence-electron chi connectivity index (χ4n) is 2.77. The molecule has 0 radical (unpaired) electrons. The Kier molecular flexibility index (Phi) is 5.64. The van der Waals surface area contributed by atoms with Crippen LogP contribution in [0.25, 0.3) is 0 Å². The van der Waals surface area contributed by atoms with Crippen molar-refractivity contribution in [3.8, 4) is 6.07 Å². The molecule has 0 saturated carbocycles. The topological polar surface area (TPSA) is 95.9 Å². The molecule has 3 aromatic rings. The number of nitrogens with two attached hydrogens (primary N) is 1. The molecule has 134 valence electrons. The van der Waals surface area contributed by atoms with E-state index in [4.69, 9.17) is 22.6 Å². The van der Waals surface area contributed by atoms with Crippen molar-refractivity contribution >= 4 is 29.0 Å². The lowest BCUT2D eigenvalue weighted by Crippen LogP contribution is -2.44. The first-order chi connectivity index (χ1) is 13.1. The molecule has 0 aliphatic carbocycles. The summed E-state index contributed by atoms with van der Waals surface area (Å²) in [6, 6.07) is 20.0. The number of carbonyl (C=O) groups is 1. The number of rotatable bonds is 6. The standard InChI is InChI=1S/C20H16ClN5O/c21-19-16(12-22)24-13-18(25-19)26(15-9-5-2-6-10-15)17(20(23)27)11-14-7-3-1-4-8-14/h1-10,13,17H,11H2,(H2,23,27)/t17-/m1/s1. The van der Waals surface area contributed by atoms with Gasteiger partial charge in [-0.1, -0.05) is 60.1 Å². The lowest BCUT2D eigenvalue weighted by molar-refractivity contribution is -0.119. The molecule has 1 amide bonds. The van der Waals surface area contributed by atoms with Crippen LogP contribution in [0.2, 0.25) is 5.15 Å². The molecule has 27 heavy (non-hydrogen) atoms. The largest absolute Gasteiger partial charge is 0.368 e. The van der Waals surface area contributed by atoms with Crippen LogP contribution >= 0.6 is 11.6 Å². The van der Waals surface area contributed by atoms with Gasteiger partial charge in [-0.3, -0.25) is 4.79 Å². The van der Waals surface area contributed by atoms with E-state index in [-0.39, 0.29) is 10.8 Å². The fraction of sp³-hybridized carbons (Fsp3) is 0.100. The third-order valence-electron chi connectivity index (χ3n) is 4.02. The van der Waals surface area contributed by atoms with Gasteiger partial charge in [0.1, 0.15) is 12.1 Å². The van der Waals surface area contributed by atoms with Crippen molar-refractivity contribution in [2.24, 2.45) is 5.73 Å². The van der Waals surface area contributed by atoms with E-state index in [1.54, 1.807) is 4.90 Å². The highest BCUT2D eigenvalue weighted by atomic mass is 35.5. The van der Waals surface area contributed by atoms with Crippen molar-refractivity contribution < 1.29 is 4.79 Å². The Balaban J connectivity index is 2.09. The van der Waals surface area contributed by atoms with Gasteiger partial charge in [-0.25, -0.2) is 9.97 Å². The molecule has 0 saturated heterocycles. The van der Waals surface area contributed by atoms with E-state index in [9.17, 15) is 4.79 Å². The average Bonchev–Trinajstić information content (AvgIpc) is 2.69. The minimum absolute atomic E-state index is 0.0205. The molecule has 1 heterocycles. The zero-order chi connectivity index (χ0) is 19.2. The Labute approximate surface area is 161 Å². The summed E-state index contributed by atoms with van der Waals surface area (Å²) in [6.45, 7) is 0. The number of nitrogens with zero attached hydrogens (tertiary/aromatic N) is 4. The van der Waals surface area contributed by atoms with Crippen LogP contribution in [-0.2, 0) is 11.2 Å². The monoisotopic (exact) mass is 377 g/mol. The first-order valence-corrected chi connectivity index (χ1v) is 8.58. The number of benzene rings is 2. The SMILES string of the molecule is N#Cc1ncc(N(c2ccccc2)[C@H](Cc2ccccc2)C(N)=O)nc1Cl. The maximum atomic E-state index is 12.3. The van der Waals surface area contributed by atoms with Crippen molar-refractivity contribution in [3.05, 3.63) is 83.3 Å². The van der Waals surface area contributed by atoms with E-state index in [0.29, 0.717) is 17.9 Å². The summed E-state index contributed by atoms with van der Waals surface area (Å²) in [5, 5.41) is 9.00. The summed E-state index contributed by atoms with van der Waals surface area (Å²) >= 11 is 6.07. The normalized spacial score (nSPS) is 11.4. The molecule has 0 aliphatic rings. The van der Waals surface area contributed by atoms with Gasteiger partial charge in [-0.15, -0.1) is 0 Å². The molecule has 6 nitrogen and oxygen atoms in total. The van der Waals surface area contributed by atoms with Crippen LogP contribution in [0.4, 0.5) is 11.5 Å². The smallest absolute Gasteiger partial charge is 0.240 e. The highest BCUT2D eigenvalue weighted by Gasteiger charge is 2.28. The van der Waals surface area contributed by atoms with Gasteiger partial charge < -0.3 is 10.6 Å². The van der Waals surface area contributed by atoms with Crippen molar-refractivity contribution in [2.75, 3.05) is 4.90 Å². The summed E-state index contributed by atoms with van der Waals surface area (Å²) in [5.41, 5.74) is 7.43. The van der Waals surface area contributed by atoms with Crippen molar-refractivity contribution in [1.29, 1.82) is 5.26 Å². The third kappa shape index (κ3) is 4.22. The van der Waals surface area contributed by atoms with Crippen molar-refractivity contribution in [3.63, 3.8) is 0 Å². The Morgan fingerprint density at radius 2 is 1.78 bits per heavy atom. The van der Waals surface area contributed by atoms with Gasteiger partial charge in [0.05, 0.1) is 6.20 Å². The second-order valence-corrected chi connectivity index (χ2v) is 6.15.